The van der Waals surface area contributed by atoms with Crippen LogP contribution in [0.2, 0.25) is 0 Å². The summed E-state index contributed by atoms with van der Waals surface area (Å²) in [6.07, 6.45) is 2.24. The third kappa shape index (κ3) is 3.78. The zero-order valence-electron chi connectivity index (χ0n) is 15.1. The Bertz CT molecular complexity index is 852. The fourth-order valence-corrected chi connectivity index (χ4v) is 3.49. The minimum absolute atomic E-state index is 0.0368. The fraction of sp³-hybridized carbons (Fsp3) is 0.526. The van der Waals surface area contributed by atoms with Gasteiger partial charge in [-0.05, 0) is 31.9 Å². The van der Waals surface area contributed by atoms with Gasteiger partial charge in [-0.2, -0.15) is 0 Å². The first-order valence-corrected chi connectivity index (χ1v) is 9.35. The first-order chi connectivity index (χ1) is 12.6. The average Bonchev–Trinajstić information content (AvgIpc) is 3.45. The third-order valence-electron chi connectivity index (χ3n) is 5.29. The van der Waals surface area contributed by atoms with E-state index in [-0.39, 0.29) is 17.5 Å². The van der Waals surface area contributed by atoms with Crippen molar-refractivity contribution in [2.45, 2.75) is 31.8 Å². The van der Waals surface area contributed by atoms with Crippen molar-refractivity contribution in [1.82, 2.24) is 25.1 Å². The molecule has 1 aliphatic carbocycles. The Morgan fingerprint density at radius 3 is 2.73 bits per heavy atom. The van der Waals surface area contributed by atoms with Crippen molar-refractivity contribution >= 4 is 16.8 Å². The van der Waals surface area contributed by atoms with Crippen LogP contribution in [0.4, 0.5) is 0 Å². The standard InChI is InChI=1S/C19H25N5O2/c1-13(18-21-16-5-3-2-4-15(16)19(26)22-18)24-10-8-23(9-11-24)12-17(25)20-14-6-7-14/h2-5,13-14H,6-12H2,1H3,(H,20,25)(H,21,22,26)/t13-/m0/s1. The average molecular weight is 355 g/mol. The van der Waals surface area contributed by atoms with E-state index in [1.807, 2.05) is 18.2 Å². The Hall–Kier alpha value is -2.25. The molecule has 1 aromatic carbocycles. The topological polar surface area (TPSA) is 81.3 Å². The molecular weight excluding hydrogens is 330 g/mol. The summed E-state index contributed by atoms with van der Waals surface area (Å²) in [6, 6.07) is 7.86. The third-order valence-corrected chi connectivity index (χ3v) is 5.29. The first kappa shape index (κ1) is 17.2. The van der Waals surface area contributed by atoms with Crippen molar-refractivity contribution < 1.29 is 4.79 Å². The lowest BCUT2D eigenvalue weighted by Crippen LogP contribution is -2.50. The number of amides is 1. The van der Waals surface area contributed by atoms with Gasteiger partial charge in [0.25, 0.3) is 5.56 Å². The molecule has 0 spiro atoms. The number of H-pyrrole nitrogens is 1. The highest BCUT2D eigenvalue weighted by molar-refractivity contribution is 5.78. The molecule has 0 unspecified atom stereocenters. The number of hydrogen-bond donors (Lipinski definition) is 2. The van der Waals surface area contributed by atoms with Crippen LogP contribution in [0.1, 0.15) is 31.6 Å². The SMILES string of the molecule is C[C@@H](c1nc2ccccc2c(=O)[nH]1)N1CCN(CC(=O)NC2CC2)CC1. The van der Waals surface area contributed by atoms with Crippen LogP contribution in [0.15, 0.2) is 29.1 Å². The number of carbonyl (C=O) groups is 1. The van der Waals surface area contributed by atoms with Crippen LogP contribution in [0.25, 0.3) is 10.9 Å². The van der Waals surface area contributed by atoms with Gasteiger partial charge in [0.05, 0.1) is 23.5 Å². The van der Waals surface area contributed by atoms with Gasteiger partial charge >= 0.3 is 0 Å². The number of nitrogens with zero attached hydrogens (tertiary/aromatic N) is 3. The van der Waals surface area contributed by atoms with Gasteiger partial charge in [0, 0.05) is 32.2 Å². The van der Waals surface area contributed by atoms with E-state index in [2.05, 4.69) is 32.0 Å². The van der Waals surface area contributed by atoms with Crippen LogP contribution in [0.3, 0.4) is 0 Å². The highest BCUT2D eigenvalue weighted by atomic mass is 16.2. The summed E-state index contributed by atoms with van der Waals surface area (Å²) in [4.78, 5) is 36.3. The number of fused-ring (bicyclic) bond motifs is 1. The molecule has 1 atom stereocenters. The zero-order valence-corrected chi connectivity index (χ0v) is 15.1. The summed E-state index contributed by atoms with van der Waals surface area (Å²) in [5.41, 5.74) is 0.640. The van der Waals surface area contributed by atoms with Gasteiger partial charge in [0.1, 0.15) is 5.82 Å². The second-order valence-electron chi connectivity index (χ2n) is 7.30. The van der Waals surface area contributed by atoms with E-state index in [0.717, 1.165) is 44.5 Å². The minimum atomic E-state index is -0.0900. The number of aromatic amines is 1. The number of hydrogen-bond acceptors (Lipinski definition) is 5. The van der Waals surface area contributed by atoms with Gasteiger partial charge < -0.3 is 10.3 Å². The Kier molecular flexibility index (Phi) is 4.74. The number of aromatic nitrogens is 2. The number of para-hydroxylation sites is 1. The molecule has 1 aliphatic heterocycles. The molecule has 2 aromatic rings. The molecule has 7 heteroatoms. The lowest BCUT2D eigenvalue weighted by atomic mass is 10.2. The van der Waals surface area contributed by atoms with Crippen LogP contribution >= 0.6 is 0 Å². The summed E-state index contributed by atoms with van der Waals surface area (Å²) in [6.45, 7) is 5.95. The van der Waals surface area contributed by atoms with Crippen molar-refractivity contribution in [3.8, 4) is 0 Å². The van der Waals surface area contributed by atoms with E-state index in [1.165, 1.54) is 0 Å². The van der Waals surface area contributed by atoms with Crippen LogP contribution in [0.5, 0.6) is 0 Å². The number of rotatable bonds is 5. The monoisotopic (exact) mass is 355 g/mol. The van der Waals surface area contributed by atoms with Gasteiger partial charge in [0.15, 0.2) is 0 Å². The Balaban J connectivity index is 1.38. The van der Waals surface area contributed by atoms with Crippen molar-refractivity contribution in [2.24, 2.45) is 0 Å². The molecule has 1 saturated carbocycles. The Morgan fingerprint density at radius 1 is 1.27 bits per heavy atom. The van der Waals surface area contributed by atoms with E-state index >= 15 is 0 Å². The van der Waals surface area contributed by atoms with E-state index in [0.29, 0.717) is 23.8 Å². The predicted molar refractivity (Wildman–Crippen MR) is 100.0 cm³/mol. The summed E-state index contributed by atoms with van der Waals surface area (Å²) >= 11 is 0. The molecule has 2 heterocycles. The van der Waals surface area contributed by atoms with Gasteiger partial charge in [-0.3, -0.25) is 19.4 Å². The maximum absolute atomic E-state index is 12.3. The maximum Gasteiger partial charge on any atom is 0.258 e. The number of benzene rings is 1. The molecule has 7 nitrogen and oxygen atoms in total. The summed E-state index contributed by atoms with van der Waals surface area (Å²) < 4.78 is 0. The van der Waals surface area contributed by atoms with E-state index < -0.39 is 0 Å². The molecule has 26 heavy (non-hydrogen) atoms. The minimum Gasteiger partial charge on any atom is -0.352 e. The number of carbonyl (C=O) groups excluding carboxylic acids is 1. The van der Waals surface area contributed by atoms with Crippen LogP contribution in [-0.4, -0.2) is 64.4 Å². The zero-order chi connectivity index (χ0) is 18.1. The van der Waals surface area contributed by atoms with E-state index in [4.69, 9.17) is 0 Å². The summed E-state index contributed by atoms with van der Waals surface area (Å²) in [5.74, 6) is 0.836. The molecule has 4 rings (SSSR count). The molecule has 0 bridgehead atoms. The van der Waals surface area contributed by atoms with E-state index in [1.54, 1.807) is 6.07 Å². The molecule has 0 radical (unpaired) electrons. The van der Waals surface area contributed by atoms with Crippen LogP contribution < -0.4 is 10.9 Å². The molecular formula is C19H25N5O2. The van der Waals surface area contributed by atoms with Gasteiger partial charge in [-0.25, -0.2) is 4.98 Å². The second-order valence-corrected chi connectivity index (χ2v) is 7.30. The largest absolute Gasteiger partial charge is 0.352 e. The maximum atomic E-state index is 12.3. The van der Waals surface area contributed by atoms with Crippen LogP contribution in [0, 0.1) is 0 Å². The van der Waals surface area contributed by atoms with Crippen LogP contribution in [-0.2, 0) is 4.79 Å². The van der Waals surface area contributed by atoms with Crippen molar-refractivity contribution in [2.75, 3.05) is 32.7 Å². The normalized spacial score (nSPS) is 20.2. The van der Waals surface area contributed by atoms with Gasteiger partial charge in [0.2, 0.25) is 5.91 Å². The lowest BCUT2D eigenvalue weighted by Gasteiger charge is -2.37. The highest BCUT2D eigenvalue weighted by Gasteiger charge is 2.27. The second kappa shape index (κ2) is 7.17. The van der Waals surface area contributed by atoms with Crippen molar-refractivity contribution in [3.05, 3.63) is 40.4 Å². The van der Waals surface area contributed by atoms with Gasteiger partial charge in [-0.15, -0.1) is 0 Å². The molecule has 1 aromatic heterocycles. The predicted octanol–water partition coefficient (Wildman–Crippen LogP) is 0.880. The highest BCUT2D eigenvalue weighted by Crippen LogP contribution is 2.20. The number of nitrogens with one attached hydrogen (secondary N) is 2. The lowest BCUT2D eigenvalue weighted by molar-refractivity contribution is -0.122. The number of piperazine rings is 1. The Labute approximate surface area is 152 Å². The Morgan fingerprint density at radius 2 is 2.00 bits per heavy atom. The fourth-order valence-electron chi connectivity index (χ4n) is 3.49. The molecule has 1 amide bonds. The van der Waals surface area contributed by atoms with Crippen molar-refractivity contribution in [3.63, 3.8) is 0 Å². The summed E-state index contributed by atoms with van der Waals surface area (Å²) in [7, 11) is 0. The molecule has 1 saturated heterocycles. The molecule has 2 aliphatic rings. The smallest absolute Gasteiger partial charge is 0.258 e. The summed E-state index contributed by atoms with van der Waals surface area (Å²) in [5, 5.41) is 3.66. The quantitative estimate of drug-likeness (QED) is 0.832. The van der Waals surface area contributed by atoms with E-state index in [9.17, 15) is 9.59 Å². The first-order valence-electron chi connectivity index (χ1n) is 9.35. The van der Waals surface area contributed by atoms with Gasteiger partial charge in [-0.1, -0.05) is 12.1 Å². The molecule has 2 fully saturated rings. The van der Waals surface area contributed by atoms with Crippen molar-refractivity contribution in [1.29, 1.82) is 0 Å². The molecule has 2 N–H and O–H groups in total. The molecule has 138 valence electrons.